The molecule has 2 atom stereocenters. The van der Waals surface area contributed by atoms with E-state index in [1.165, 1.54) is 11.3 Å². The number of fused-ring (bicyclic) bond motifs is 1. The Kier molecular flexibility index (Phi) is 4.03. The van der Waals surface area contributed by atoms with E-state index in [0.29, 0.717) is 12.1 Å². The average Bonchev–Trinajstić information content (AvgIpc) is 2.42. The standard InChI is InChI=1S/C16H16Br2N2/c1-10-8-16(20-13-5-2-11(17)3-6-13)14-9-12(18)4-7-15(14)19-10/h2-7,9-10,16,19-20H,8H2,1H3. The molecule has 0 radical (unpaired) electrons. The molecule has 2 unspecified atom stereocenters. The summed E-state index contributed by atoms with van der Waals surface area (Å²) in [4.78, 5) is 0. The van der Waals surface area contributed by atoms with Crippen LogP contribution in [0.25, 0.3) is 0 Å². The van der Waals surface area contributed by atoms with Gasteiger partial charge in [0, 0.05) is 26.4 Å². The first-order valence-electron chi connectivity index (χ1n) is 6.70. The topological polar surface area (TPSA) is 24.1 Å². The maximum absolute atomic E-state index is 3.64. The van der Waals surface area contributed by atoms with Crippen molar-refractivity contribution in [2.24, 2.45) is 0 Å². The van der Waals surface area contributed by atoms with Gasteiger partial charge in [0.05, 0.1) is 6.04 Å². The number of nitrogens with one attached hydrogen (secondary N) is 2. The number of rotatable bonds is 2. The molecule has 0 aliphatic carbocycles. The van der Waals surface area contributed by atoms with Crippen molar-refractivity contribution in [1.29, 1.82) is 0 Å². The first-order chi connectivity index (χ1) is 9.61. The first-order valence-corrected chi connectivity index (χ1v) is 8.28. The van der Waals surface area contributed by atoms with Gasteiger partial charge in [-0.25, -0.2) is 0 Å². The second-order valence-corrected chi connectivity index (χ2v) is 7.05. The van der Waals surface area contributed by atoms with Crippen molar-refractivity contribution < 1.29 is 0 Å². The van der Waals surface area contributed by atoms with Crippen molar-refractivity contribution in [1.82, 2.24) is 0 Å². The molecule has 0 spiro atoms. The highest BCUT2D eigenvalue weighted by Crippen LogP contribution is 2.36. The van der Waals surface area contributed by atoms with Crippen LogP contribution in [-0.2, 0) is 0 Å². The summed E-state index contributed by atoms with van der Waals surface area (Å²) < 4.78 is 2.22. The van der Waals surface area contributed by atoms with Crippen LogP contribution in [0.5, 0.6) is 0 Å². The van der Waals surface area contributed by atoms with E-state index in [1.807, 2.05) is 0 Å². The highest BCUT2D eigenvalue weighted by Gasteiger charge is 2.24. The molecule has 104 valence electrons. The lowest BCUT2D eigenvalue weighted by molar-refractivity contribution is 0.599. The Hall–Kier alpha value is -1.00. The Balaban J connectivity index is 1.90. The largest absolute Gasteiger partial charge is 0.382 e. The molecule has 2 N–H and O–H groups in total. The quantitative estimate of drug-likeness (QED) is 0.694. The molecule has 2 nitrogen and oxygen atoms in total. The van der Waals surface area contributed by atoms with Crippen LogP contribution >= 0.6 is 31.9 Å². The molecule has 1 aliphatic rings. The predicted molar refractivity (Wildman–Crippen MR) is 92.3 cm³/mol. The van der Waals surface area contributed by atoms with E-state index in [2.05, 4.69) is 91.9 Å². The van der Waals surface area contributed by atoms with Gasteiger partial charge in [0.15, 0.2) is 0 Å². The van der Waals surface area contributed by atoms with Gasteiger partial charge in [-0.1, -0.05) is 31.9 Å². The summed E-state index contributed by atoms with van der Waals surface area (Å²) >= 11 is 7.04. The Bertz CT molecular complexity index is 610. The Morgan fingerprint density at radius 2 is 1.75 bits per heavy atom. The summed E-state index contributed by atoms with van der Waals surface area (Å²) in [6, 6.07) is 15.6. The van der Waals surface area contributed by atoms with E-state index in [4.69, 9.17) is 0 Å². The molecule has 0 saturated carbocycles. The SMILES string of the molecule is CC1CC(Nc2ccc(Br)cc2)c2cc(Br)ccc2N1. The number of benzene rings is 2. The monoisotopic (exact) mass is 394 g/mol. The number of anilines is 2. The third kappa shape index (κ3) is 3.01. The Labute approximate surface area is 136 Å². The van der Waals surface area contributed by atoms with E-state index >= 15 is 0 Å². The van der Waals surface area contributed by atoms with Gasteiger partial charge in [0.2, 0.25) is 0 Å². The van der Waals surface area contributed by atoms with Crippen molar-refractivity contribution in [2.75, 3.05) is 10.6 Å². The summed E-state index contributed by atoms with van der Waals surface area (Å²) in [5.41, 5.74) is 3.69. The van der Waals surface area contributed by atoms with Crippen molar-refractivity contribution in [3.05, 3.63) is 57.0 Å². The smallest absolute Gasteiger partial charge is 0.0554 e. The van der Waals surface area contributed by atoms with Crippen LogP contribution in [0.1, 0.15) is 24.9 Å². The summed E-state index contributed by atoms with van der Waals surface area (Å²) in [7, 11) is 0. The lowest BCUT2D eigenvalue weighted by atomic mass is 9.93. The van der Waals surface area contributed by atoms with Crippen LogP contribution in [0.15, 0.2) is 51.4 Å². The van der Waals surface area contributed by atoms with Gasteiger partial charge in [-0.05, 0) is 61.4 Å². The van der Waals surface area contributed by atoms with Crippen molar-refractivity contribution in [3.63, 3.8) is 0 Å². The first kappa shape index (κ1) is 14.0. The molecule has 3 rings (SSSR count). The predicted octanol–water partition coefficient (Wildman–Crippen LogP) is 5.57. The van der Waals surface area contributed by atoms with Gasteiger partial charge in [0.1, 0.15) is 0 Å². The molecular formula is C16H16Br2N2. The van der Waals surface area contributed by atoms with Gasteiger partial charge in [0.25, 0.3) is 0 Å². The normalized spacial score (nSPS) is 20.9. The van der Waals surface area contributed by atoms with Gasteiger partial charge in [-0.2, -0.15) is 0 Å². The van der Waals surface area contributed by atoms with Crippen LogP contribution in [0.4, 0.5) is 11.4 Å². The van der Waals surface area contributed by atoms with Gasteiger partial charge in [-0.15, -0.1) is 0 Å². The fourth-order valence-electron chi connectivity index (χ4n) is 2.64. The van der Waals surface area contributed by atoms with Crippen molar-refractivity contribution in [2.45, 2.75) is 25.4 Å². The van der Waals surface area contributed by atoms with Crippen molar-refractivity contribution in [3.8, 4) is 0 Å². The molecular weight excluding hydrogens is 380 g/mol. The molecule has 0 amide bonds. The van der Waals surface area contributed by atoms with E-state index in [0.717, 1.165) is 21.1 Å². The fourth-order valence-corrected chi connectivity index (χ4v) is 3.29. The summed E-state index contributed by atoms with van der Waals surface area (Å²) in [5, 5.41) is 7.18. The van der Waals surface area contributed by atoms with Crippen LogP contribution in [0, 0.1) is 0 Å². The summed E-state index contributed by atoms with van der Waals surface area (Å²) in [6.07, 6.45) is 1.07. The molecule has 2 aromatic rings. The number of hydrogen-bond donors (Lipinski definition) is 2. The Morgan fingerprint density at radius 1 is 1.05 bits per heavy atom. The van der Waals surface area contributed by atoms with Gasteiger partial charge >= 0.3 is 0 Å². The zero-order valence-corrected chi connectivity index (χ0v) is 14.3. The molecule has 0 aromatic heterocycles. The highest BCUT2D eigenvalue weighted by molar-refractivity contribution is 9.10. The number of hydrogen-bond acceptors (Lipinski definition) is 2. The molecule has 0 fully saturated rings. The molecule has 4 heteroatoms. The van der Waals surface area contributed by atoms with E-state index in [9.17, 15) is 0 Å². The molecule has 0 saturated heterocycles. The van der Waals surface area contributed by atoms with Crippen LogP contribution < -0.4 is 10.6 Å². The lowest BCUT2D eigenvalue weighted by Crippen LogP contribution is -2.28. The van der Waals surface area contributed by atoms with Crippen LogP contribution in [0.3, 0.4) is 0 Å². The van der Waals surface area contributed by atoms with Crippen molar-refractivity contribution >= 4 is 43.2 Å². The zero-order chi connectivity index (χ0) is 14.1. The second kappa shape index (κ2) is 5.78. The van der Waals surface area contributed by atoms with E-state index in [-0.39, 0.29) is 0 Å². The molecule has 1 heterocycles. The maximum atomic E-state index is 3.64. The maximum Gasteiger partial charge on any atom is 0.0554 e. The molecule has 2 aromatic carbocycles. The summed E-state index contributed by atoms with van der Waals surface area (Å²) in [5.74, 6) is 0. The minimum absolute atomic E-state index is 0.333. The lowest BCUT2D eigenvalue weighted by Gasteiger charge is -2.32. The van der Waals surface area contributed by atoms with Crippen LogP contribution in [0.2, 0.25) is 0 Å². The Morgan fingerprint density at radius 3 is 2.50 bits per heavy atom. The minimum atomic E-state index is 0.333. The molecule has 20 heavy (non-hydrogen) atoms. The van der Waals surface area contributed by atoms with E-state index in [1.54, 1.807) is 0 Å². The van der Waals surface area contributed by atoms with E-state index < -0.39 is 0 Å². The van der Waals surface area contributed by atoms with Crippen LogP contribution in [-0.4, -0.2) is 6.04 Å². The van der Waals surface area contributed by atoms with Gasteiger partial charge in [-0.3, -0.25) is 0 Å². The third-order valence-corrected chi connectivity index (χ3v) is 4.59. The third-order valence-electron chi connectivity index (χ3n) is 3.57. The molecule has 0 bridgehead atoms. The average molecular weight is 396 g/mol. The minimum Gasteiger partial charge on any atom is -0.382 e. The zero-order valence-electron chi connectivity index (χ0n) is 11.2. The highest BCUT2D eigenvalue weighted by atomic mass is 79.9. The molecule has 1 aliphatic heterocycles. The number of halogens is 2. The van der Waals surface area contributed by atoms with Gasteiger partial charge < -0.3 is 10.6 Å². The fraction of sp³-hybridized carbons (Fsp3) is 0.250. The summed E-state index contributed by atoms with van der Waals surface area (Å²) in [6.45, 7) is 2.22. The second-order valence-electron chi connectivity index (χ2n) is 5.22.